The summed E-state index contributed by atoms with van der Waals surface area (Å²) in [5.41, 5.74) is 1.06. The van der Waals surface area contributed by atoms with Crippen LogP contribution < -0.4 is 5.32 Å². The van der Waals surface area contributed by atoms with Crippen molar-refractivity contribution in [2.75, 3.05) is 13.2 Å². The average molecular weight is 277 g/mol. The van der Waals surface area contributed by atoms with Crippen molar-refractivity contribution in [1.82, 2.24) is 5.32 Å². The molecule has 3 rings (SSSR count). The summed E-state index contributed by atoms with van der Waals surface area (Å²) in [6, 6.07) is 5.85. The minimum absolute atomic E-state index is 0.0181. The molecule has 1 saturated heterocycles. The van der Waals surface area contributed by atoms with E-state index in [1.807, 2.05) is 17.5 Å². The Bertz CT molecular complexity index is 541. The molecule has 2 aromatic rings. The lowest BCUT2D eigenvalue weighted by Crippen LogP contribution is -2.30. The highest BCUT2D eigenvalue weighted by Gasteiger charge is 2.23. The summed E-state index contributed by atoms with van der Waals surface area (Å²) in [6.45, 7) is 1.81. The standard InChI is InChI=1S/C14H15NO3S/c16-14(10-3-5-17-8-10)15-7-12-6-11(9-19-12)13-2-1-4-18-13/h1-2,4,6,9-10H,3,5,7-8H2,(H,15,16). The zero-order valence-electron chi connectivity index (χ0n) is 10.4. The lowest BCUT2D eigenvalue weighted by molar-refractivity contribution is -0.125. The fourth-order valence-corrected chi connectivity index (χ4v) is 2.92. The van der Waals surface area contributed by atoms with Gasteiger partial charge in [0.25, 0.3) is 0 Å². The Hall–Kier alpha value is -1.59. The van der Waals surface area contributed by atoms with Crippen LogP contribution in [0.3, 0.4) is 0 Å². The first kappa shape index (κ1) is 12.4. The van der Waals surface area contributed by atoms with Gasteiger partial charge in [-0.05, 0) is 24.6 Å². The minimum Gasteiger partial charge on any atom is -0.464 e. The van der Waals surface area contributed by atoms with Gasteiger partial charge in [0, 0.05) is 22.4 Å². The molecule has 1 aliphatic rings. The van der Waals surface area contributed by atoms with Crippen LogP contribution in [0.5, 0.6) is 0 Å². The molecular formula is C14H15NO3S. The van der Waals surface area contributed by atoms with Gasteiger partial charge < -0.3 is 14.5 Å². The van der Waals surface area contributed by atoms with E-state index in [-0.39, 0.29) is 11.8 Å². The van der Waals surface area contributed by atoms with Gasteiger partial charge in [-0.2, -0.15) is 0 Å². The van der Waals surface area contributed by atoms with E-state index in [0.717, 1.165) is 22.6 Å². The molecule has 19 heavy (non-hydrogen) atoms. The Balaban J connectivity index is 1.57. The Morgan fingerprint density at radius 3 is 3.21 bits per heavy atom. The summed E-state index contributed by atoms with van der Waals surface area (Å²) >= 11 is 1.63. The second kappa shape index (κ2) is 5.59. The molecule has 1 fully saturated rings. The first-order valence-corrected chi connectivity index (χ1v) is 7.17. The van der Waals surface area contributed by atoms with Crippen molar-refractivity contribution < 1.29 is 13.9 Å². The second-order valence-corrected chi connectivity index (χ2v) is 5.55. The van der Waals surface area contributed by atoms with Crippen molar-refractivity contribution >= 4 is 17.2 Å². The van der Waals surface area contributed by atoms with Crippen LogP contribution in [0, 0.1) is 5.92 Å². The number of carbonyl (C=O) groups excluding carboxylic acids is 1. The number of furan rings is 1. The number of carbonyl (C=O) groups is 1. The van der Waals surface area contributed by atoms with Gasteiger partial charge in [-0.25, -0.2) is 0 Å². The van der Waals surface area contributed by atoms with Crippen LogP contribution in [-0.2, 0) is 16.1 Å². The molecule has 0 aromatic carbocycles. The molecule has 1 amide bonds. The van der Waals surface area contributed by atoms with E-state index in [4.69, 9.17) is 9.15 Å². The molecule has 0 spiro atoms. The van der Waals surface area contributed by atoms with Gasteiger partial charge in [-0.3, -0.25) is 4.79 Å². The normalized spacial score (nSPS) is 18.6. The molecule has 2 aromatic heterocycles. The summed E-state index contributed by atoms with van der Waals surface area (Å²) in [4.78, 5) is 13.0. The van der Waals surface area contributed by atoms with Crippen molar-refractivity contribution in [3.05, 3.63) is 34.7 Å². The molecule has 1 aliphatic heterocycles. The van der Waals surface area contributed by atoms with E-state index in [2.05, 4.69) is 11.4 Å². The molecule has 1 N–H and O–H groups in total. The topological polar surface area (TPSA) is 51.5 Å². The van der Waals surface area contributed by atoms with Gasteiger partial charge in [0.05, 0.1) is 25.3 Å². The number of hydrogen-bond donors (Lipinski definition) is 1. The summed E-state index contributed by atoms with van der Waals surface area (Å²) in [6.07, 6.45) is 2.49. The predicted molar refractivity (Wildman–Crippen MR) is 72.8 cm³/mol. The Morgan fingerprint density at radius 1 is 1.53 bits per heavy atom. The molecule has 100 valence electrons. The highest BCUT2D eigenvalue weighted by atomic mass is 32.1. The summed E-state index contributed by atoms with van der Waals surface area (Å²) < 4.78 is 10.6. The zero-order chi connectivity index (χ0) is 13.1. The molecule has 0 radical (unpaired) electrons. The SMILES string of the molecule is O=C(NCc1cc(-c2ccco2)cs1)C1CCOC1. The minimum atomic E-state index is 0.0181. The molecule has 1 unspecified atom stereocenters. The average Bonchev–Trinajstić information content (AvgIpc) is 3.14. The first-order chi connectivity index (χ1) is 9.33. The number of hydrogen-bond acceptors (Lipinski definition) is 4. The summed E-state index contributed by atoms with van der Waals surface area (Å²) in [5.74, 6) is 0.966. The van der Waals surface area contributed by atoms with Gasteiger partial charge in [0.2, 0.25) is 5.91 Å². The van der Waals surface area contributed by atoms with Gasteiger partial charge in [-0.1, -0.05) is 0 Å². The number of nitrogens with one attached hydrogen (secondary N) is 1. The Labute approximate surface area is 115 Å². The number of thiophene rings is 1. The van der Waals surface area contributed by atoms with E-state index in [1.165, 1.54) is 0 Å². The van der Waals surface area contributed by atoms with E-state index in [9.17, 15) is 4.79 Å². The van der Waals surface area contributed by atoms with E-state index in [0.29, 0.717) is 19.8 Å². The smallest absolute Gasteiger partial charge is 0.225 e. The maximum atomic E-state index is 11.8. The Morgan fingerprint density at radius 2 is 2.47 bits per heavy atom. The van der Waals surface area contributed by atoms with E-state index < -0.39 is 0 Å². The third-order valence-electron chi connectivity index (χ3n) is 3.20. The van der Waals surface area contributed by atoms with Gasteiger partial charge in [0.1, 0.15) is 5.76 Å². The third-order valence-corrected chi connectivity index (χ3v) is 4.13. The molecule has 0 bridgehead atoms. The zero-order valence-corrected chi connectivity index (χ0v) is 11.2. The lowest BCUT2D eigenvalue weighted by atomic mass is 10.1. The van der Waals surface area contributed by atoms with Crippen LogP contribution in [0.15, 0.2) is 34.3 Å². The van der Waals surface area contributed by atoms with E-state index in [1.54, 1.807) is 17.6 Å². The van der Waals surface area contributed by atoms with Crippen LogP contribution >= 0.6 is 11.3 Å². The first-order valence-electron chi connectivity index (χ1n) is 6.29. The van der Waals surface area contributed by atoms with Gasteiger partial charge in [0.15, 0.2) is 0 Å². The van der Waals surface area contributed by atoms with Crippen LogP contribution in [0.4, 0.5) is 0 Å². The number of rotatable bonds is 4. The molecule has 0 saturated carbocycles. The predicted octanol–water partition coefficient (Wildman–Crippen LogP) is 2.66. The number of amides is 1. The summed E-state index contributed by atoms with van der Waals surface area (Å²) in [7, 11) is 0. The fraction of sp³-hybridized carbons (Fsp3) is 0.357. The van der Waals surface area contributed by atoms with Crippen molar-refractivity contribution in [3.8, 4) is 11.3 Å². The highest BCUT2D eigenvalue weighted by Crippen LogP contribution is 2.26. The number of ether oxygens (including phenoxy) is 1. The second-order valence-electron chi connectivity index (χ2n) is 4.56. The summed E-state index contributed by atoms with van der Waals surface area (Å²) in [5, 5.41) is 5.00. The van der Waals surface area contributed by atoms with Crippen LogP contribution in [0.2, 0.25) is 0 Å². The largest absolute Gasteiger partial charge is 0.464 e. The molecule has 5 heteroatoms. The van der Waals surface area contributed by atoms with Gasteiger partial charge >= 0.3 is 0 Å². The molecule has 3 heterocycles. The highest BCUT2D eigenvalue weighted by molar-refractivity contribution is 7.10. The molecule has 4 nitrogen and oxygen atoms in total. The van der Waals surface area contributed by atoms with Crippen molar-refractivity contribution in [1.29, 1.82) is 0 Å². The molecule has 0 aliphatic carbocycles. The quantitative estimate of drug-likeness (QED) is 0.934. The Kier molecular flexibility index (Phi) is 3.66. The third kappa shape index (κ3) is 2.88. The van der Waals surface area contributed by atoms with Crippen LogP contribution in [-0.4, -0.2) is 19.1 Å². The van der Waals surface area contributed by atoms with Crippen LogP contribution in [0.1, 0.15) is 11.3 Å². The van der Waals surface area contributed by atoms with Crippen molar-refractivity contribution in [2.24, 2.45) is 5.92 Å². The lowest BCUT2D eigenvalue weighted by Gasteiger charge is -2.07. The monoisotopic (exact) mass is 277 g/mol. The maximum absolute atomic E-state index is 11.8. The van der Waals surface area contributed by atoms with E-state index >= 15 is 0 Å². The maximum Gasteiger partial charge on any atom is 0.225 e. The van der Waals surface area contributed by atoms with Gasteiger partial charge in [-0.15, -0.1) is 11.3 Å². The molecular weight excluding hydrogens is 262 g/mol. The van der Waals surface area contributed by atoms with Crippen molar-refractivity contribution in [2.45, 2.75) is 13.0 Å². The molecule has 1 atom stereocenters. The van der Waals surface area contributed by atoms with Crippen LogP contribution in [0.25, 0.3) is 11.3 Å². The fourth-order valence-electron chi connectivity index (χ4n) is 2.11. The van der Waals surface area contributed by atoms with Crippen molar-refractivity contribution in [3.63, 3.8) is 0 Å².